The number of carbonyl (C=O) groups is 1. The Kier molecular flexibility index (Phi) is 5.33. The lowest BCUT2D eigenvalue weighted by atomic mass is 10.2. The standard InChI is InChI=1S/C19H13ClN2O3S2/c20-13-4-1-3-12(7-13)19-22-14(11-27-19)8-17(23)24-9-15-10-25-18(21-15)16-5-2-6-26-16/h1-7,10-11H,8-9H2. The molecule has 0 radical (unpaired) electrons. The highest BCUT2D eigenvalue weighted by molar-refractivity contribution is 7.13. The maximum Gasteiger partial charge on any atom is 0.312 e. The number of ether oxygens (including phenoxy) is 1. The molecule has 27 heavy (non-hydrogen) atoms. The van der Waals surface area contributed by atoms with Crippen LogP contribution in [0.15, 0.2) is 57.8 Å². The minimum atomic E-state index is -0.362. The van der Waals surface area contributed by atoms with Crippen LogP contribution in [-0.2, 0) is 22.6 Å². The van der Waals surface area contributed by atoms with Crippen molar-refractivity contribution in [2.45, 2.75) is 13.0 Å². The lowest BCUT2D eigenvalue weighted by Gasteiger charge is -2.00. The molecule has 0 unspecified atom stereocenters. The first-order chi connectivity index (χ1) is 13.2. The summed E-state index contributed by atoms with van der Waals surface area (Å²) in [7, 11) is 0. The van der Waals surface area contributed by atoms with Gasteiger partial charge >= 0.3 is 5.97 Å². The zero-order chi connectivity index (χ0) is 18.6. The molecule has 0 saturated heterocycles. The Morgan fingerprint density at radius 2 is 2.07 bits per heavy atom. The van der Waals surface area contributed by atoms with Gasteiger partial charge in [-0.2, -0.15) is 0 Å². The summed E-state index contributed by atoms with van der Waals surface area (Å²) in [6, 6.07) is 11.3. The number of hydrogen-bond acceptors (Lipinski definition) is 7. The topological polar surface area (TPSA) is 65.2 Å². The fourth-order valence-corrected chi connectivity index (χ4v) is 4.04. The van der Waals surface area contributed by atoms with Crippen LogP contribution < -0.4 is 0 Å². The number of hydrogen-bond donors (Lipinski definition) is 0. The minimum absolute atomic E-state index is 0.0684. The van der Waals surface area contributed by atoms with E-state index in [0.29, 0.717) is 22.3 Å². The molecule has 5 nitrogen and oxygen atoms in total. The Hall–Kier alpha value is -2.48. The monoisotopic (exact) mass is 416 g/mol. The normalized spacial score (nSPS) is 10.9. The molecule has 0 N–H and O–H groups in total. The number of halogens is 1. The van der Waals surface area contributed by atoms with Gasteiger partial charge < -0.3 is 9.15 Å². The molecule has 0 aliphatic heterocycles. The molecular weight excluding hydrogens is 404 g/mol. The van der Waals surface area contributed by atoms with Crippen LogP contribution in [0, 0.1) is 0 Å². The summed E-state index contributed by atoms with van der Waals surface area (Å²) in [5, 5.41) is 5.27. The van der Waals surface area contributed by atoms with Crippen molar-refractivity contribution < 1.29 is 13.9 Å². The highest BCUT2D eigenvalue weighted by Gasteiger charge is 2.13. The fraction of sp³-hybridized carbons (Fsp3) is 0.105. The van der Waals surface area contributed by atoms with Crippen LogP contribution in [0.3, 0.4) is 0 Å². The third kappa shape index (κ3) is 4.44. The smallest absolute Gasteiger partial charge is 0.312 e. The summed E-state index contributed by atoms with van der Waals surface area (Å²) in [6.45, 7) is 0.0684. The molecule has 1 aromatic carbocycles. The van der Waals surface area contributed by atoms with Gasteiger partial charge in [-0.05, 0) is 23.6 Å². The minimum Gasteiger partial charge on any atom is -0.459 e. The van der Waals surface area contributed by atoms with Gasteiger partial charge in [0, 0.05) is 16.0 Å². The van der Waals surface area contributed by atoms with Gasteiger partial charge in [0.1, 0.15) is 23.6 Å². The van der Waals surface area contributed by atoms with Crippen molar-refractivity contribution in [3.8, 4) is 21.3 Å². The van der Waals surface area contributed by atoms with Crippen molar-refractivity contribution in [3.05, 3.63) is 69.8 Å². The Morgan fingerprint density at radius 1 is 1.15 bits per heavy atom. The molecule has 0 atom stereocenters. The highest BCUT2D eigenvalue weighted by atomic mass is 35.5. The number of thiazole rings is 1. The van der Waals surface area contributed by atoms with Crippen LogP contribution in [0.5, 0.6) is 0 Å². The lowest BCUT2D eigenvalue weighted by molar-refractivity contribution is -0.144. The lowest BCUT2D eigenvalue weighted by Crippen LogP contribution is -2.08. The van der Waals surface area contributed by atoms with E-state index in [-0.39, 0.29) is 19.0 Å². The Balaban J connectivity index is 1.33. The zero-order valence-corrected chi connectivity index (χ0v) is 16.3. The van der Waals surface area contributed by atoms with Crippen molar-refractivity contribution >= 4 is 40.2 Å². The number of aromatic nitrogens is 2. The zero-order valence-electron chi connectivity index (χ0n) is 13.9. The van der Waals surface area contributed by atoms with E-state index in [2.05, 4.69) is 9.97 Å². The molecule has 0 aliphatic rings. The molecule has 4 aromatic rings. The fourth-order valence-electron chi connectivity index (χ4n) is 2.38. The molecule has 136 valence electrons. The van der Waals surface area contributed by atoms with E-state index in [9.17, 15) is 4.79 Å². The summed E-state index contributed by atoms with van der Waals surface area (Å²) >= 11 is 9.01. The maximum absolute atomic E-state index is 12.1. The largest absolute Gasteiger partial charge is 0.459 e. The van der Waals surface area contributed by atoms with Crippen LogP contribution in [-0.4, -0.2) is 15.9 Å². The van der Waals surface area contributed by atoms with Gasteiger partial charge in [0.2, 0.25) is 5.89 Å². The van der Waals surface area contributed by atoms with Crippen molar-refractivity contribution in [2.75, 3.05) is 0 Å². The number of oxazole rings is 1. The van der Waals surface area contributed by atoms with Crippen molar-refractivity contribution in [1.29, 1.82) is 0 Å². The van der Waals surface area contributed by atoms with E-state index >= 15 is 0 Å². The van der Waals surface area contributed by atoms with E-state index in [4.69, 9.17) is 20.8 Å². The molecular formula is C19H13ClN2O3S2. The summed E-state index contributed by atoms with van der Waals surface area (Å²) in [4.78, 5) is 21.8. The first kappa shape index (κ1) is 17.9. The van der Waals surface area contributed by atoms with Crippen LogP contribution >= 0.6 is 34.3 Å². The summed E-state index contributed by atoms with van der Waals surface area (Å²) < 4.78 is 10.7. The number of thiophene rings is 1. The van der Waals surface area contributed by atoms with Gasteiger partial charge in [-0.3, -0.25) is 4.79 Å². The molecule has 3 aromatic heterocycles. The predicted molar refractivity (Wildman–Crippen MR) is 106 cm³/mol. The van der Waals surface area contributed by atoms with E-state index in [0.717, 1.165) is 15.4 Å². The SMILES string of the molecule is O=C(Cc1csc(-c2cccc(Cl)c2)n1)OCc1coc(-c2cccs2)n1. The van der Waals surface area contributed by atoms with Gasteiger partial charge in [-0.25, -0.2) is 9.97 Å². The van der Waals surface area contributed by atoms with Gasteiger partial charge in [0.25, 0.3) is 0 Å². The van der Waals surface area contributed by atoms with Crippen LogP contribution in [0.25, 0.3) is 21.3 Å². The Morgan fingerprint density at radius 3 is 2.89 bits per heavy atom. The summed E-state index contributed by atoms with van der Waals surface area (Å²) in [6.07, 6.45) is 1.61. The molecule has 0 saturated carbocycles. The number of nitrogens with zero attached hydrogens (tertiary/aromatic N) is 2. The molecule has 0 fully saturated rings. The third-order valence-corrected chi connectivity index (χ3v) is 5.65. The Labute approximate surface area is 168 Å². The molecule has 0 amide bonds. The first-order valence-electron chi connectivity index (χ1n) is 8.01. The quantitative estimate of drug-likeness (QED) is 0.390. The summed E-state index contributed by atoms with van der Waals surface area (Å²) in [5.74, 6) is 0.167. The van der Waals surface area contributed by atoms with E-state index < -0.39 is 0 Å². The third-order valence-electron chi connectivity index (χ3n) is 3.61. The van der Waals surface area contributed by atoms with Gasteiger partial charge in [0.15, 0.2) is 0 Å². The maximum atomic E-state index is 12.1. The molecule has 0 spiro atoms. The average molecular weight is 417 g/mol. The number of benzene rings is 1. The second-order valence-corrected chi connectivity index (χ2v) is 7.86. The molecule has 4 rings (SSSR count). The van der Waals surface area contributed by atoms with E-state index in [1.54, 1.807) is 0 Å². The van der Waals surface area contributed by atoms with E-state index in [1.165, 1.54) is 28.9 Å². The summed E-state index contributed by atoms with van der Waals surface area (Å²) in [5.41, 5.74) is 2.17. The van der Waals surface area contributed by atoms with Crippen molar-refractivity contribution in [3.63, 3.8) is 0 Å². The second kappa shape index (κ2) is 8.04. The second-order valence-electron chi connectivity index (χ2n) is 5.61. The molecule has 0 aliphatic carbocycles. The van der Waals surface area contributed by atoms with Crippen LogP contribution in [0.2, 0.25) is 5.02 Å². The molecule has 8 heteroatoms. The number of rotatable bonds is 6. The number of carbonyl (C=O) groups excluding carboxylic acids is 1. The van der Waals surface area contributed by atoms with Gasteiger partial charge in [0.05, 0.1) is 17.0 Å². The highest BCUT2D eigenvalue weighted by Crippen LogP contribution is 2.26. The average Bonchev–Trinajstić information content (AvgIpc) is 3.41. The molecule has 0 bridgehead atoms. The Bertz CT molecular complexity index is 1060. The predicted octanol–water partition coefficient (Wildman–Crippen LogP) is 5.47. The van der Waals surface area contributed by atoms with E-state index in [1.807, 2.05) is 47.2 Å². The number of esters is 1. The van der Waals surface area contributed by atoms with Crippen molar-refractivity contribution in [2.24, 2.45) is 0 Å². The molecule has 3 heterocycles. The van der Waals surface area contributed by atoms with Crippen molar-refractivity contribution in [1.82, 2.24) is 9.97 Å². The van der Waals surface area contributed by atoms with Crippen LogP contribution in [0.4, 0.5) is 0 Å². The first-order valence-corrected chi connectivity index (χ1v) is 10.2. The van der Waals surface area contributed by atoms with Gasteiger partial charge in [-0.15, -0.1) is 22.7 Å². The van der Waals surface area contributed by atoms with Gasteiger partial charge in [-0.1, -0.05) is 29.8 Å². The van der Waals surface area contributed by atoms with Crippen LogP contribution in [0.1, 0.15) is 11.4 Å².